The van der Waals surface area contributed by atoms with Crippen LogP contribution in [-0.4, -0.2) is 5.91 Å². The maximum absolute atomic E-state index is 10.9. The van der Waals surface area contributed by atoms with E-state index in [1.165, 1.54) is 6.92 Å². The zero-order valence-corrected chi connectivity index (χ0v) is 12.4. The standard InChI is InChI=1S/C15H19N2OP/c1-10(13-5-7-14(19)8-6-13)4-9-15(16)11(2)17-12(3)18/h4-9H,2,16,19H2,1,3H3,(H,17,18)/b10-4+,15-9+. The van der Waals surface area contributed by atoms with E-state index in [-0.39, 0.29) is 5.91 Å². The Morgan fingerprint density at radius 1 is 1.26 bits per heavy atom. The van der Waals surface area contributed by atoms with Gasteiger partial charge in [-0.15, -0.1) is 9.24 Å². The molecule has 0 fully saturated rings. The van der Waals surface area contributed by atoms with Crippen LogP contribution in [0.5, 0.6) is 0 Å². The summed E-state index contributed by atoms with van der Waals surface area (Å²) in [6, 6.07) is 8.14. The van der Waals surface area contributed by atoms with E-state index >= 15 is 0 Å². The number of hydrogen-bond acceptors (Lipinski definition) is 2. The molecule has 0 radical (unpaired) electrons. The van der Waals surface area contributed by atoms with Gasteiger partial charge in [0.2, 0.25) is 5.91 Å². The fraction of sp³-hybridized carbons (Fsp3) is 0.133. The Morgan fingerprint density at radius 2 is 1.84 bits per heavy atom. The molecule has 4 heteroatoms. The van der Waals surface area contributed by atoms with Crippen LogP contribution < -0.4 is 16.4 Å². The zero-order chi connectivity index (χ0) is 14.4. The molecule has 0 aliphatic rings. The third-order valence-electron chi connectivity index (χ3n) is 2.55. The van der Waals surface area contributed by atoms with Crippen molar-refractivity contribution in [3.63, 3.8) is 0 Å². The molecule has 1 unspecified atom stereocenters. The Hall–Kier alpha value is -1.86. The summed E-state index contributed by atoms with van der Waals surface area (Å²) in [5.74, 6) is -0.182. The molecule has 1 aromatic carbocycles. The quantitative estimate of drug-likeness (QED) is 0.652. The van der Waals surface area contributed by atoms with Gasteiger partial charge >= 0.3 is 0 Å². The molecule has 0 heterocycles. The number of benzene rings is 1. The van der Waals surface area contributed by atoms with Crippen LogP contribution in [0.3, 0.4) is 0 Å². The van der Waals surface area contributed by atoms with E-state index in [1.807, 2.05) is 37.3 Å². The number of carbonyl (C=O) groups is 1. The Labute approximate surface area is 116 Å². The summed E-state index contributed by atoms with van der Waals surface area (Å²) in [5, 5.41) is 3.70. The minimum atomic E-state index is -0.182. The average molecular weight is 274 g/mol. The Morgan fingerprint density at radius 3 is 2.37 bits per heavy atom. The summed E-state index contributed by atoms with van der Waals surface area (Å²) in [4.78, 5) is 10.9. The van der Waals surface area contributed by atoms with Crippen molar-refractivity contribution in [2.45, 2.75) is 13.8 Å². The van der Waals surface area contributed by atoms with E-state index in [4.69, 9.17) is 5.73 Å². The van der Waals surface area contributed by atoms with Crippen molar-refractivity contribution in [2.75, 3.05) is 0 Å². The Balaban J connectivity index is 2.82. The third kappa shape index (κ3) is 5.11. The minimum Gasteiger partial charge on any atom is -0.397 e. The van der Waals surface area contributed by atoms with E-state index in [9.17, 15) is 4.79 Å². The molecule has 1 rings (SSSR count). The van der Waals surface area contributed by atoms with Gasteiger partial charge in [-0.25, -0.2) is 0 Å². The van der Waals surface area contributed by atoms with Crippen molar-refractivity contribution in [3.05, 3.63) is 60.0 Å². The van der Waals surface area contributed by atoms with Crippen molar-refractivity contribution in [3.8, 4) is 0 Å². The molecule has 0 aromatic heterocycles. The Kier molecular flexibility index (Phi) is 5.53. The van der Waals surface area contributed by atoms with Crippen molar-refractivity contribution < 1.29 is 4.79 Å². The summed E-state index contributed by atoms with van der Waals surface area (Å²) in [6.45, 7) is 7.12. The predicted molar refractivity (Wildman–Crippen MR) is 84.7 cm³/mol. The maximum atomic E-state index is 10.9. The molecule has 1 atom stereocenters. The van der Waals surface area contributed by atoms with Crippen LogP contribution in [0.25, 0.3) is 5.57 Å². The van der Waals surface area contributed by atoms with Crippen molar-refractivity contribution >= 4 is 26.0 Å². The molecule has 0 saturated carbocycles. The number of nitrogens with one attached hydrogen (secondary N) is 1. The molecule has 100 valence electrons. The summed E-state index contributed by atoms with van der Waals surface area (Å²) < 4.78 is 0. The van der Waals surface area contributed by atoms with Crippen LogP contribution in [-0.2, 0) is 4.79 Å². The van der Waals surface area contributed by atoms with Gasteiger partial charge in [0.1, 0.15) is 0 Å². The minimum absolute atomic E-state index is 0.182. The molecule has 0 bridgehead atoms. The van der Waals surface area contributed by atoms with Crippen LogP contribution >= 0.6 is 9.24 Å². The molecule has 3 N–H and O–H groups in total. The molecule has 0 aliphatic carbocycles. The molecule has 19 heavy (non-hydrogen) atoms. The lowest BCUT2D eigenvalue weighted by Crippen LogP contribution is -2.22. The van der Waals surface area contributed by atoms with Crippen LogP contribution in [0.4, 0.5) is 0 Å². The van der Waals surface area contributed by atoms with Gasteiger partial charge < -0.3 is 11.1 Å². The summed E-state index contributed by atoms with van der Waals surface area (Å²) in [6.07, 6.45) is 3.64. The SMILES string of the molecule is C=C(NC(C)=O)/C(N)=C\C=C(/C)c1ccc(P)cc1. The van der Waals surface area contributed by atoms with Crippen LogP contribution in [0.1, 0.15) is 19.4 Å². The van der Waals surface area contributed by atoms with Gasteiger partial charge in [0.25, 0.3) is 0 Å². The smallest absolute Gasteiger partial charge is 0.221 e. The summed E-state index contributed by atoms with van der Waals surface area (Å²) in [7, 11) is 2.65. The second-order valence-electron chi connectivity index (χ2n) is 4.25. The Bertz CT molecular complexity index is 542. The molecule has 3 nitrogen and oxygen atoms in total. The predicted octanol–water partition coefficient (Wildman–Crippen LogP) is 2.08. The molecular formula is C15H19N2OP. The normalized spacial score (nSPS) is 12.2. The van der Waals surface area contributed by atoms with Gasteiger partial charge in [-0.2, -0.15) is 0 Å². The van der Waals surface area contributed by atoms with Gasteiger partial charge in [0.05, 0.1) is 11.4 Å². The molecule has 0 saturated heterocycles. The third-order valence-corrected chi connectivity index (χ3v) is 2.94. The zero-order valence-electron chi connectivity index (χ0n) is 11.2. The average Bonchev–Trinajstić information content (AvgIpc) is 2.35. The summed E-state index contributed by atoms with van der Waals surface area (Å²) in [5.41, 5.74) is 8.88. The van der Waals surface area contributed by atoms with Gasteiger partial charge in [-0.3, -0.25) is 4.79 Å². The highest BCUT2D eigenvalue weighted by atomic mass is 31.0. The van der Waals surface area contributed by atoms with E-state index in [0.29, 0.717) is 11.4 Å². The highest BCUT2D eigenvalue weighted by Crippen LogP contribution is 2.13. The number of rotatable bonds is 4. The summed E-state index contributed by atoms with van der Waals surface area (Å²) >= 11 is 0. The molecule has 1 amide bonds. The lowest BCUT2D eigenvalue weighted by atomic mass is 10.1. The van der Waals surface area contributed by atoms with Gasteiger partial charge in [0.15, 0.2) is 0 Å². The fourth-order valence-corrected chi connectivity index (χ4v) is 1.63. The van der Waals surface area contributed by atoms with E-state index in [0.717, 1.165) is 16.4 Å². The number of hydrogen-bond donors (Lipinski definition) is 2. The van der Waals surface area contributed by atoms with E-state index in [1.54, 1.807) is 6.08 Å². The largest absolute Gasteiger partial charge is 0.397 e. The molecule has 0 spiro atoms. The molecule has 1 aromatic rings. The first kappa shape index (κ1) is 15.2. The second kappa shape index (κ2) is 6.91. The van der Waals surface area contributed by atoms with E-state index in [2.05, 4.69) is 21.1 Å². The lowest BCUT2D eigenvalue weighted by molar-refractivity contribution is -0.118. The van der Waals surface area contributed by atoms with Gasteiger partial charge in [-0.1, -0.05) is 36.9 Å². The second-order valence-corrected chi connectivity index (χ2v) is 4.92. The maximum Gasteiger partial charge on any atom is 0.221 e. The van der Waals surface area contributed by atoms with Crippen LogP contribution in [0.2, 0.25) is 0 Å². The van der Waals surface area contributed by atoms with Crippen LogP contribution in [0.15, 0.2) is 54.4 Å². The van der Waals surface area contributed by atoms with Crippen molar-refractivity contribution in [2.24, 2.45) is 5.73 Å². The highest BCUT2D eigenvalue weighted by Gasteiger charge is 1.99. The number of allylic oxidation sites excluding steroid dienone is 3. The lowest BCUT2D eigenvalue weighted by Gasteiger charge is -2.06. The molecule has 0 aliphatic heterocycles. The van der Waals surface area contributed by atoms with Gasteiger partial charge in [0, 0.05) is 6.92 Å². The monoisotopic (exact) mass is 274 g/mol. The number of amides is 1. The molecular weight excluding hydrogens is 255 g/mol. The van der Waals surface area contributed by atoms with Crippen LogP contribution in [0, 0.1) is 0 Å². The highest BCUT2D eigenvalue weighted by molar-refractivity contribution is 7.27. The topological polar surface area (TPSA) is 55.1 Å². The first-order valence-electron chi connectivity index (χ1n) is 5.87. The van der Waals surface area contributed by atoms with Crippen molar-refractivity contribution in [1.29, 1.82) is 0 Å². The van der Waals surface area contributed by atoms with E-state index < -0.39 is 0 Å². The number of carbonyl (C=O) groups excluding carboxylic acids is 1. The fourth-order valence-electron chi connectivity index (χ4n) is 1.44. The van der Waals surface area contributed by atoms with Gasteiger partial charge in [-0.05, 0) is 29.4 Å². The first-order valence-corrected chi connectivity index (χ1v) is 6.44. The number of nitrogens with two attached hydrogens (primary N) is 1. The first-order chi connectivity index (χ1) is 8.90. The van der Waals surface area contributed by atoms with Crippen molar-refractivity contribution in [1.82, 2.24) is 5.32 Å².